The van der Waals surface area contributed by atoms with Crippen LogP contribution in [0.3, 0.4) is 0 Å². The van der Waals surface area contributed by atoms with Gasteiger partial charge in [-0.1, -0.05) is 5.21 Å². The summed E-state index contributed by atoms with van der Waals surface area (Å²) < 4.78 is 1.65. The fraction of sp³-hybridized carbons (Fsp3) is 0.727. The molecule has 18 heavy (non-hydrogen) atoms. The van der Waals surface area contributed by atoms with Crippen molar-refractivity contribution in [1.82, 2.24) is 19.9 Å². The molecule has 1 unspecified atom stereocenters. The van der Waals surface area contributed by atoms with Crippen molar-refractivity contribution in [3.8, 4) is 0 Å². The first-order valence-corrected chi connectivity index (χ1v) is 6.35. The Morgan fingerprint density at radius 2 is 2.28 bits per heavy atom. The number of nitrogens with zero attached hydrogens (tertiary/aromatic N) is 5. The number of nitrogens with two attached hydrogens (primary N) is 1. The summed E-state index contributed by atoms with van der Waals surface area (Å²) in [7, 11) is 0. The van der Waals surface area contributed by atoms with E-state index in [9.17, 15) is 0 Å². The van der Waals surface area contributed by atoms with Gasteiger partial charge in [0, 0.05) is 6.54 Å². The van der Waals surface area contributed by atoms with Crippen molar-refractivity contribution in [1.29, 1.82) is 0 Å². The topological polar surface area (TPSA) is 92.6 Å². The number of aliphatic imine (C=N–C) groups is 1. The second-order valence-electron chi connectivity index (χ2n) is 4.94. The number of hydrogen-bond donors (Lipinski definition) is 2. The Bertz CT molecular complexity index is 452. The molecule has 0 radical (unpaired) electrons. The van der Waals surface area contributed by atoms with E-state index >= 15 is 0 Å². The largest absolute Gasteiger partial charge is 0.394 e. The number of guanidine groups is 1. The smallest absolute Gasteiger partial charge is 0.191 e. The van der Waals surface area contributed by atoms with E-state index in [1.165, 1.54) is 12.8 Å². The van der Waals surface area contributed by atoms with Gasteiger partial charge in [-0.25, -0.2) is 4.68 Å². The van der Waals surface area contributed by atoms with Crippen LogP contribution >= 0.6 is 0 Å². The highest BCUT2D eigenvalue weighted by molar-refractivity contribution is 5.80. The summed E-state index contributed by atoms with van der Waals surface area (Å²) in [5.74, 6) is 1.37. The zero-order valence-electron chi connectivity index (χ0n) is 10.2. The molecule has 0 saturated heterocycles. The van der Waals surface area contributed by atoms with Gasteiger partial charge in [0.15, 0.2) is 5.96 Å². The Morgan fingerprint density at radius 1 is 1.44 bits per heavy atom. The quantitative estimate of drug-likeness (QED) is 0.724. The summed E-state index contributed by atoms with van der Waals surface area (Å²) in [6, 6.07) is 0.109. The molecule has 1 aromatic heterocycles. The van der Waals surface area contributed by atoms with Crippen LogP contribution in [0.15, 0.2) is 11.2 Å². The Kier molecular flexibility index (Phi) is 2.91. The van der Waals surface area contributed by atoms with Crippen molar-refractivity contribution in [2.24, 2.45) is 16.6 Å². The van der Waals surface area contributed by atoms with Crippen molar-refractivity contribution in [2.75, 3.05) is 19.7 Å². The number of aliphatic hydroxyl groups is 1. The molecule has 3 N–H and O–H groups in total. The maximum absolute atomic E-state index is 8.87. The lowest BCUT2D eigenvalue weighted by Gasteiger charge is -2.24. The highest BCUT2D eigenvalue weighted by Crippen LogP contribution is 2.34. The van der Waals surface area contributed by atoms with Gasteiger partial charge in [0.1, 0.15) is 5.69 Å². The predicted molar refractivity (Wildman–Crippen MR) is 65.8 cm³/mol. The van der Waals surface area contributed by atoms with Gasteiger partial charge in [-0.2, -0.15) is 0 Å². The van der Waals surface area contributed by atoms with Crippen molar-refractivity contribution < 1.29 is 5.11 Å². The van der Waals surface area contributed by atoms with Crippen LogP contribution in [0.4, 0.5) is 0 Å². The Labute approximate surface area is 105 Å². The lowest BCUT2D eigenvalue weighted by Crippen LogP contribution is -2.37. The molecule has 7 heteroatoms. The Morgan fingerprint density at radius 3 is 3.00 bits per heavy atom. The normalized spacial score (nSPS) is 23.5. The number of rotatable bonds is 5. The molecule has 0 spiro atoms. The number of aliphatic hydroxyl groups excluding tert-OH is 1. The van der Waals surface area contributed by atoms with E-state index in [0.29, 0.717) is 19.0 Å². The number of aromatic nitrogens is 3. The summed E-state index contributed by atoms with van der Waals surface area (Å²) in [4.78, 5) is 6.44. The lowest BCUT2D eigenvalue weighted by atomic mass is 10.2. The van der Waals surface area contributed by atoms with Gasteiger partial charge in [0.2, 0.25) is 0 Å². The zero-order valence-corrected chi connectivity index (χ0v) is 10.2. The molecule has 7 nitrogen and oxygen atoms in total. The van der Waals surface area contributed by atoms with Gasteiger partial charge in [-0.15, -0.1) is 5.10 Å². The summed E-state index contributed by atoms with van der Waals surface area (Å²) in [6.07, 6.45) is 4.44. The molecule has 1 atom stereocenters. The minimum Gasteiger partial charge on any atom is -0.394 e. The molecule has 0 bridgehead atoms. The monoisotopic (exact) mass is 250 g/mol. The fourth-order valence-corrected chi connectivity index (χ4v) is 2.26. The number of hydrogen-bond acceptors (Lipinski definition) is 6. The first-order valence-electron chi connectivity index (χ1n) is 6.35. The van der Waals surface area contributed by atoms with Crippen molar-refractivity contribution in [3.63, 3.8) is 0 Å². The maximum atomic E-state index is 8.87. The van der Waals surface area contributed by atoms with Gasteiger partial charge in [-0.3, -0.25) is 4.99 Å². The molecule has 2 heterocycles. The molecule has 2 aliphatic rings. The molecule has 1 saturated carbocycles. The van der Waals surface area contributed by atoms with Crippen molar-refractivity contribution in [3.05, 3.63) is 11.9 Å². The average molecular weight is 250 g/mol. The standard InChI is InChI=1S/C11H18N6O/c12-11-13-5-10(17(11)6-8-1-2-8)9-7-16(3-4-18)15-14-9/h7-8,10,18H,1-6H2,(H2,12,13). The minimum absolute atomic E-state index is 0.0674. The first-order chi connectivity index (χ1) is 8.78. The fourth-order valence-electron chi connectivity index (χ4n) is 2.26. The van der Waals surface area contributed by atoms with E-state index in [4.69, 9.17) is 10.8 Å². The van der Waals surface area contributed by atoms with Crippen LogP contribution in [0.25, 0.3) is 0 Å². The molecule has 1 aromatic rings. The van der Waals surface area contributed by atoms with Gasteiger partial charge in [-0.05, 0) is 18.8 Å². The third kappa shape index (κ3) is 2.17. The highest BCUT2D eigenvalue weighted by Gasteiger charge is 2.34. The van der Waals surface area contributed by atoms with Crippen LogP contribution < -0.4 is 5.73 Å². The molecule has 98 valence electrons. The van der Waals surface area contributed by atoms with Crippen LogP contribution in [0.5, 0.6) is 0 Å². The summed E-state index contributed by atoms with van der Waals surface area (Å²) in [5.41, 5.74) is 6.81. The van der Waals surface area contributed by atoms with Crippen LogP contribution in [0.2, 0.25) is 0 Å². The molecular formula is C11H18N6O. The third-order valence-corrected chi connectivity index (χ3v) is 3.48. The van der Waals surface area contributed by atoms with E-state index in [1.807, 2.05) is 6.20 Å². The summed E-state index contributed by atoms with van der Waals surface area (Å²) in [5, 5.41) is 17.0. The van der Waals surface area contributed by atoms with Crippen molar-refractivity contribution in [2.45, 2.75) is 25.4 Å². The predicted octanol–water partition coefficient (Wildman–Crippen LogP) is -0.648. The SMILES string of the molecule is NC1=NCC(c2cn(CCO)nn2)N1CC1CC1. The zero-order chi connectivity index (χ0) is 12.5. The molecule has 1 fully saturated rings. The van der Waals surface area contributed by atoms with Crippen LogP contribution in [-0.4, -0.2) is 50.7 Å². The molecule has 3 rings (SSSR count). The Balaban J connectivity index is 1.73. The van der Waals surface area contributed by atoms with Gasteiger partial charge in [0.05, 0.1) is 31.9 Å². The van der Waals surface area contributed by atoms with E-state index in [1.54, 1.807) is 4.68 Å². The second kappa shape index (κ2) is 4.56. The molecule has 1 aliphatic heterocycles. The average Bonchev–Trinajstić information content (AvgIpc) is 2.94. The second-order valence-corrected chi connectivity index (χ2v) is 4.94. The van der Waals surface area contributed by atoms with E-state index in [2.05, 4.69) is 20.2 Å². The Hall–Kier alpha value is -1.63. The molecular weight excluding hydrogens is 232 g/mol. The molecule has 0 amide bonds. The molecule has 0 aromatic carbocycles. The van der Waals surface area contributed by atoms with E-state index < -0.39 is 0 Å². The van der Waals surface area contributed by atoms with E-state index in [0.717, 1.165) is 18.2 Å². The first kappa shape index (κ1) is 11.5. The highest BCUT2D eigenvalue weighted by atomic mass is 16.3. The van der Waals surface area contributed by atoms with Crippen LogP contribution in [-0.2, 0) is 6.54 Å². The molecule has 1 aliphatic carbocycles. The van der Waals surface area contributed by atoms with E-state index in [-0.39, 0.29) is 12.6 Å². The van der Waals surface area contributed by atoms with Crippen LogP contribution in [0, 0.1) is 5.92 Å². The summed E-state index contributed by atoms with van der Waals surface area (Å²) in [6.45, 7) is 2.15. The minimum atomic E-state index is 0.0674. The van der Waals surface area contributed by atoms with Gasteiger partial charge >= 0.3 is 0 Å². The third-order valence-electron chi connectivity index (χ3n) is 3.48. The summed E-state index contributed by atoms with van der Waals surface area (Å²) >= 11 is 0. The van der Waals surface area contributed by atoms with Crippen LogP contribution in [0.1, 0.15) is 24.6 Å². The van der Waals surface area contributed by atoms with Gasteiger partial charge in [0.25, 0.3) is 0 Å². The maximum Gasteiger partial charge on any atom is 0.191 e. The van der Waals surface area contributed by atoms with Crippen molar-refractivity contribution >= 4 is 5.96 Å². The lowest BCUT2D eigenvalue weighted by molar-refractivity contribution is 0.268. The van der Waals surface area contributed by atoms with Gasteiger partial charge < -0.3 is 15.7 Å².